The zero-order valence-electron chi connectivity index (χ0n) is 16.6. The summed E-state index contributed by atoms with van der Waals surface area (Å²) in [5.41, 5.74) is 2.48. The molecule has 1 saturated heterocycles. The smallest absolute Gasteiger partial charge is 0.322 e. The van der Waals surface area contributed by atoms with Crippen molar-refractivity contribution in [2.75, 3.05) is 36.4 Å². The highest BCUT2D eigenvalue weighted by molar-refractivity contribution is 7.22. The van der Waals surface area contributed by atoms with E-state index >= 15 is 0 Å². The highest BCUT2D eigenvalue weighted by Crippen LogP contribution is 2.40. The second-order valence-corrected chi connectivity index (χ2v) is 9.02. The summed E-state index contributed by atoms with van der Waals surface area (Å²) in [5.74, 6) is -0.226. The number of nitrogens with zero attached hydrogens (tertiary/aromatic N) is 3. The van der Waals surface area contributed by atoms with Crippen molar-refractivity contribution in [3.05, 3.63) is 53.1 Å². The van der Waals surface area contributed by atoms with Gasteiger partial charge >= 0.3 is 6.03 Å². The number of fused-ring (bicyclic) bond motifs is 1. The van der Waals surface area contributed by atoms with Crippen molar-refractivity contribution in [3.63, 3.8) is 0 Å². The summed E-state index contributed by atoms with van der Waals surface area (Å²) in [4.78, 5) is 20.8. The Bertz CT molecular complexity index is 1120. The first kappa shape index (κ1) is 19.2. The molecule has 2 amide bonds. The SMILES string of the molecule is Cc1cc(F)c2nc(N3CCN(C(=O)Nc4ccc(C5CC5)cc4F)CC3)sc2c1. The molecule has 2 fully saturated rings. The van der Waals surface area contributed by atoms with Crippen LogP contribution in [0.3, 0.4) is 0 Å². The minimum atomic E-state index is -0.391. The summed E-state index contributed by atoms with van der Waals surface area (Å²) >= 11 is 1.46. The Morgan fingerprint density at radius 2 is 1.87 bits per heavy atom. The quantitative estimate of drug-likeness (QED) is 0.630. The lowest BCUT2D eigenvalue weighted by Crippen LogP contribution is -2.50. The fraction of sp³-hybridized carbons (Fsp3) is 0.364. The molecule has 0 radical (unpaired) electrons. The van der Waals surface area contributed by atoms with Gasteiger partial charge in [0, 0.05) is 26.2 Å². The molecule has 2 aliphatic rings. The molecule has 0 atom stereocenters. The van der Waals surface area contributed by atoms with E-state index in [0.717, 1.165) is 33.8 Å². The normalized spacial score (nSPS) is 16.9. The number of piperazine rings is 1. The van der Waals surface area contributed by atoms with E-state index in [2.05, 4.69) is 15.2 Å². The minimum Gasteiger partial charge on any atom is -0.345 e. The summed E-state index contributed by atoms with van der Waals surface area (Å²) in [7, 11) is 0. The van der Waals surface area contributed by atoms with E-state index in [1.54, 1.807) is 11.0 Å². The molecule has 8 heteroatoms. The van der Waals surface area contributed by atoms with Crippen molar-refractivity contribution in [1.29, 1.82) is 0 Å². The van der Waals surface area contributed by atoms with Gasteiger partial charge in [0.05, 0.1) is 10.4 Å². The van der Waals surface area contributed by atoms with E-state index in [9.17, 15) is 13.6 Å². The third-order valence-corrected chi connectivity index (χ3v) is 6.77. The monoisotopic (exact) mass is 428 g/mol. The number of carbonyl (C=O) groups excluding carboxylic acids is 1. The number of hydrogen-bond acceptors (Lipinski definition) is 4. The third kappa shape index (κ3) is 3.71. The molecule has 0 bridgehead atoms. The lowest BCUT2D eigenvalue weighted by molar-refractivity contribution is 0.208. The van der Waals surface area contributed by atoms with Gasteiger partial charge in [0.1, 0.15) is 11.3 Å². The van der Waals surface area contributed by atoms with Crippen LogP contribution < -0.4 is 10.2 Å². The van der Waals surface area contributed by atoms with Crippen molar-refractivity contribution in [1.82, 2.24) is 9.88 Å². The summed E-state index contributed by atoms with van der Waals surface area (Å²) in [6, 6.07) is 8.19. The predicted molar refractivity (Wildman–Crippen MR) is 115 cm³/mol. The number of rotatable bonds is 3. The van der Waals surface area contributed by atoms with E-state index in [-0.39, 0.29) is 17.5 Å². The Kier molecular flexibility index (Phi) is 4.81. The van der Waals surface area contributed by atoms with Gasteiger partial charge in [-0.15, -0.1) is 0 Å². The molecule has 0 spiro atoms. The van der Waals surface area contributed by atoms with E-state index in [4.69, 9.17) is 0 Å². The van der Waals surface area contributed by atoms with Crippen LogP contribution in [0.15, 0.2) is 30.3 Å². The molecule has 1 aliphatic heterocycles. The van der Waals surface area contributed by atoms with Crippen molar-refractivity contribution < 1.29 is 13.6 Å². The minimum absolute atomic E-state index is 0.212. The number of halogens is 2. The first-order valence-corrected chi connectivity index (χ1v) is 11.0. The lowest BCUT2D eigenvalue weighted by atomic mass is 10.1. The van der Waals surface area contributed by atoms with Crippen LogP contribution in [0.25, 0.3) is 10.2 Å². The van der Waals surface area contributed by atoms with Crippen molar-refractivity contribution in [3.8, 4) is 0 Å². The van der Waals surface area contributed by atoms with Gasteiger partial charge in [0.15, 0.2) is 10.9 Å². The number of nitrogens with one attached hydrogen (secondary N) is 1. The number of aromatic nitrogens is 1. The van der Waals surface area contributed by atoms with Gasteiger partial charge in [0.25, 0.3) is 0 Å². The Balaban J connectivity index is 1.22. The average molecular weight is 429 g/mol. The van der Waals surface area contributed by atoms with Crippen LogP contribution in [0.2, 0.25) is 0 Å². The summed E-state index contributed by atoms with van der Waals surface area (Å²) in [6.07, 6.45) is 2.21. The Morgan fingerprint density at radius 3 is 2.57 bits per heavy atom. The van der Waals surface area contributed by atoms with E-state index in [1.807, 2.05) is 19.1 Å². The molecule has 5 nitrogen and oxygen atoms in total. The molecule has 1 aliphatic carbocycles. The van der Waals surface area contributed by atoms with Crippen LogP contribution >= 0.6 is 11.3 Å². The van der Waals surface area contributed by atoms with Gasteiger partial charge in [-0.05, 0) is 61.1 Å². The zero-order chi connectivity index (χ0) is 20.8. The van der Waals surface area contributed by atoms with Crippen LogP contribution in [0, 0.1) is 18.6 Å². The molecule has 2 aromatic carbocycles. The van der Waals surface area contributed by atoms with E-state index < -0.39 is 5.82 Å². The molecule has 0 unspecified atom stereocenters. The molecule has 156 valence electrons. The Labute approximate surface area is 177 Å². The summed E-state index contributed by atoms with van der Waals surface area (Å²) in [5, 5.41) is 3.45. The number of urea groups is 1. The third-order valence-electron chi connectivity index (χ3n) is 5.70. The van der Waals surface area contributed by atoms with Crippen molar-refractivity contribution >= 4 is 38.4 Å². The number of carbonyl (C=O) groups is 1. The van der Waals surface area contributed by atoms with Crippen LogP contribution in [0.5, 0.6) is 0 Å². The van der Waals surface area contributed by atoms with Gasteiger partial charge < -0.3 is 15.1 Å². The second-order valence-electron chi connectivity index (χ2n) is 8.01. The Morgan fingerprint density at radius 1 is 1.10 bits per heavy atom. The van der Waals surface area contributed by atoms with Gasteiger partial charge in [-0.25, -0.2) is 18.6 Å². The molecule has 2 heterocycles. The van der Waals surface area contributed by atoms with Crippen LogP contribution in [0.1, 0.15) is 29.9 Å². The molecule has 3 aromatic rings. The molecular formula is C22H22F2N4OS. The lowest BCUT2D eigenvalue weighted by Gasteiger charge is -2.34. The second kappa shape index (κ2) is 7.50. The van der Waals surface area contributed by atoms with Crippen molar-refractivity contribution in [2.24, 2.45) is 0 Å². The van der Waals surface area contributed by atoms with E-state index in [1.165, 1.54) is 23.5 Å². The first-order chi connectivity index (χ1) is 14.5. The van der Waals surface area contributed by atoms with Gasteiger partial charge in [-0.3, -0.25) is 0 Å². The highest BCUT2D eigenvalue weighted by Gasteiger charge is 2.26. The summed E-state index contributed by atoms with van der Waals surface area (Å²) < 4.78 is 29.3. The molecular weight excluding hydrogens is 406 g/mol. The maximum atomic E-state index is 14.3. The van der Waals surface area contributed by atoms with E-state index in [0.29, 0.717) is 37.6 Å². The number of amides is 2. The average Bonchev–Trinajstić information content (AvgIpc) is 3.49. The highest BCUT2D eigenvalue weighted by atomic mass is 32.1. The predicted octanol–water partition coefficient (Wildman–Crippen LogP) is 5.11. The topological polar surface area (TPSA) is 48.5 Å². The van der Waals surface area contributed by atoms with Crippen LogP contribution in [-0.4, -0.2) is 42.1 Å². The number of thiazole rings is 1. The largest absolute Gasteiger partial charge is 0.345 e. The number of aryl methyl sites for hydroxylation is 1. The summed E-state index contributed by atoms with van der Waals surface area (Å²) in [6.45, 7) is 4.03. The molecule has 1 aromatic heterocycles. The van der Waals surface area contributed by atoms with Crippen LogP contribution in [0.4, 0.5) is 24.4 Å². The van der Waals surface area contributed by atoms with Gasteiger partial charge in [0.2, 0.25) is 0 Å². The maximum absolute atomic E-state index is 14.3. The van der Waals surface area contributed by atoms with Gasteiger partial charge in [-0.1, -0.05) is 17.4 Å². The number of benzene rings is 2. The molecule has 1 saturated carbocycles. The zero-order valence-corrected chi connectivity index (χ0v) is 17.4. The fourth-order valence-electron chi connectivity index (χ4n) is 3.84. The standard InChI is InChI=1S/C22H22F2N4OS/c1-13-10-17(24)20-19(11-13)30-22(26-20)28-8-6-27(7-9-28)21(29)25-18-5-4-15(12-16(18)23)14-2-3-14/h4-5,10-12,14H,2-3,6-9H2,1H3,(H,25,29). The number of hydrogen-bond donors (Lipinski definition) is 1. The van der Waals surface area contributed by atoms with Gasteiger partial charge in [-0.2, -0.15) is 0 Å². The molecule has 5 rings (SSSR count). The Hall–Kier alpha value is -2.74. The molecule has 1 N–H and O–H groups in total. The number of anilines is 2. The van der Waals surface area contributed by atoms with Crippen LogP contribution in [-0.2, 0) is 0 Å². The molecule has 30 heavy (non-hydrogen) atoms. The maximum Gasteiger partial charge on any atom is 0.322 e. The first-order valence-electron chi connectivity index (χ1n) is 10.1. The van der Waals surface area contributed by atoms with Crippen molar-refractivity contribution in [2.45, 2.75) is 25.7 Å². The fourth-order valence-corrected chi connectivity index (χ4v) is 4.97.